The second kappa shape index (κ2) is 10.4. The number of para-hydroxylation sites is 2. The Labute approximate surface area is 236 Å². The monoisotopic (exact) mass is 533 g/mol. The Morgan fingerprint density at radius 3 is 2.15 bits per heavy atom. The molecule has 3 aromatic carbocycles. The maximum Gasteiger partial charge on any atom is 0.253 e. The van der Waals surface area contributed by atoms with Gasteiger partial charge in [0.25, 0.3) is 5.91 Å². The lowest BCUT2D eigenvalue weighted by Crippen LogP contribution is -2.49. The number of carbonyl (C=O) groups excluding carboxylic acids is 1. The average Bonchev–Trinajstić information content (AvgIpc) is 3.47. The van der Waals surface area contributed by atoms with Gasteiger partial charge in [-0.25, -0.2) is 4.98 Å². The normalized spacial score (nSPS) is 24.4. The molecule has 3 fully saturated rings. The van der Waals surface area contributed by atoms with Gasteiger partial charge in [0.15, 0.2) is 0 Å². The van der Waals surface area contributed by atoms with E-state index >= 15 is 0 Å². The molecule has 2 bridgehead atoms. The fourth-order valence-electron chi connectivity index (χ4n) is 7.99. The summed E-state index contributed by atoms with van der Waals surface area (Å²) in [6, 6.07) is 30.8. The number of rotatable bonds is 6. The van der Waals surface area contributed by atoms with Crippen LogP contribution >= 0.6 is 0 Å². The minimum absolute atomic E-state index is 0.107. The minimum Gasteiger partial charge on any atom is -0.369 e. The van der Waals surface area contributed by atoms with Gasteiger partial charge in [0.05, 0.1) is 11.0 Å². The van der Waals surface area contributed by atoms with Crippen LogP contribution < -0.4 is 5.73 Å². The summed E-state index contributed by atoms with van der Waals surface area (Å²) in [6.45, 7) is 2.73. The number of anilines is 1. The maximum absolute atomic E-state index is 13.2. The average molecular weight is 534 g/mol. The quantitative estimate of drug-likeness (QED) is 0.328. The third kappa shape index (κ3) is 4.48. The lowest BCUT2D eigenvalue weighted by atomic mass is 9.70. The standard InChI is InChI=1S/C34H39N5O/c35-33-36-30-13-7-8-14-31(30)39(33)29-23-27-15-16-28(24-29)38(27)22-19-34(26-11-5-2-6-12-26)17-20-37(21-18-34)32(40)25-9-3-1-4-10-25/h1-14,27-29H,15-24H2,(H2,35,36)/t27-,28+,29?. The molecule has 0 spiro atoms. The molecule has 40 heavy (non-hydrogen) atoms. The van der Waals surface area contributed by atoms with Gasteiger partial charge in [-0.05, 0) is 86.7 Å². The Kier molecular flexibility index (Phi) is 6.59. The molecule has 6 heteroatoms. The van der Waals surface area contributed by atoms with Crippen molar-refractivity contribution >= 4 is 22.9 Å². The Morgan fingerprint density at radius 1 is 0.825 bits per heavy atom. The first-order valence-corrected chi connectivity index (χ1v) is 15.0. The number of nitrogens with two attached hydrogens (primary N) is 1. The summed E-state index contributed by atoms with van der Waals surface area (Å²) in [7, 11) is 0. The molecule has 4 heterocycles. The molecule has 0 radical (unpaired) electrons. The molecule has 3 atom stereocenters. The lowest BCUT2D eigenvalue weighted by molar-refractivity contribution is 0.0608. The van der Waals surface area contributed by atoms with Crippen LogP contribution in [-0.4, -0.2) is 57.0 Å². The molecular formula is C34H39N5O. The van der Waals surface area contributed by atoms with Crippen molar-refractivity contribution in [2.45, 2.75) is 68.5 Å². The van der Waals surface area contributed by atoms with Gasteiger partial charge in [-0.15, -0.1) is 0 Å². The smallest absolute Gasteiger partial charge is 0.253 e. The van der Waals surface area contributed by atoms with Crippen LogP contribution in [0.3, 0.4) is 0 Å². The highest BCUT2D eigenvalue weighted by molar-refractivity contribution is 5.94. The highest BCUT2D eigenvalue weighted by Crippen LogP contribution is 2.45. The van der Waals surface area contributed by atoms with Crippen molar-refractivity contribution in [3.8, 4) is 0 Å². The van der Waals surface area contributed by atoms with Crippen LogP contribution in [0.5, 0.6) is 0 Å². The molecule has 3 aliphatic heterocycles. The molecule has 6 nitrogen and oxygen atoms in total. The van der Waals surface area contributed by atoms with Crippen molar-refractivity contribution in [3.05, 3.63) is 96.1 Å². The topological polar surface area (TPSA) is 67.4 Å². The first kappa shape index (κ1) is 25.3. The van der Waals surface area contributed by atoms with Crippen LogP contribution in [0.1, 0.15) is 66.9 Å². The van der Waals surface area contributed by atoms with Crippen molar-refractivity contribution in [1.29, 1.82) is 0 Å². The van der Waals surface area contributed by atoms with Gasteiger partial charge in [0.2, 0.25) is 5.95 Å². The summed E-state index contributed by atoms with van der Waals surface area (Å²) < 4.78 is 2.31. The molecule has 0 saturated carbocycles. The summed E-state index contributed by atoms with van der Waals surface area (Å²) in [5.74, 6) is 0.813. The molecule has 4 aromatic rings. The van der Waals surface area contributed by atoms with E-state index in [4.69, 9.17) is 5.73 Å². The minimum atomic E-state index is 0.107. The zero-order valence-corrected chi connectivity index (χ0v) is 23.2. The number of fused-ring (bicyclic) bond motifs is 3. The number of carbonyl (C=O) groups is 1. The number of nitrogen functional groups attached to an aromatic ring is 1. The van der Waals surface area contributed by atoms with E-state index in [-0.39, 0.29) is 11.3 Å². The number of imidazole rings is 1. The van der Waals surface area contributed by atoms with Crippen LogP contribution in [0.15, 0.2) is 84.9 Å². The van der Waals surface area contributed by atoms with E-state index in [1.807, 2.05) is 36.4 Å². The number of aromatic nitrogens is 2. The van der Waals surface area contributed by atoms with E-state index in [1.165, 1.54) is 18.4 Å². The largest absolute Gasteiger partial charge is 0.369 e. The first-order valence-electron chi connectivity index (χ1n) is 15.0. The highest BCUT2D eigenvalue weighted by atomic mass is 16.2. The molecule has 0 aliphatic carbocycles. The van der Waals surface area contributed by atoms with Gasteiger partial charge < -0.3 is 15.2 Å². The number of nitrogens with zero attached hydrogens (tertiary/aromatic N) is 4. The van der Waals surface area contributed by atoms with Crippen LogP contribution in [0.25, 0.3) is 11.0 Å². The van der Waals surface area contributed by atoms with Gasteiger partial charge in [-0.2, -0.15) is 0 Å². The third-order valence-electron chi connectivity index (χ3n) is 10.1. The van der Waals surface area contributed by atoms with Crippen LogP contribution in [0.2, 0.25) is 0 Å². The molecule has 3 saturated heterocycles. The van der Waals surface area contributed by atoms with E-state index in [0.717, 1.165) is 68.3 Å². The number of piperidine rings is 2. The van der Waals surface area contributed by atoms with Gasteiger partial charge in [0, 0.05) is 36.8 Å². The van der Waals surface area contributed by atoms with Crippen molar-refractivity contribution in [2.24, 2.45) is 0 Å². The molecule has 1 unspecified atom stereocenters. The Bertz CT molecular complexity index is 1460. The summed E-state index contributed by atoms with van der Waals surface area (Å²) in [5.41, 5.74) is 10.9. The summed E-state index contributed by atoms with van der Waals surface area (Å²) in [4.78, 5) is 22.7. The summed E-state index contributed by atoms with van der Waals surface area (Å²) in [6.07, 6.45) is 7.98. The number of amides is 1. The Hall–Kier alpha value is -3.64. The maximum atomic E-state index is 13.2. The fraction of sp³-hybridized carbons (Fsp3) is 0.412. The fourth-order valence-corrected chi connectivity index (χ4v) is 7.99. The predicted molar refractivity (Wildman–Crippen MR) is 160 cm³/mol. The van der Waals surface area contributed by atoms with Gasteiger partial charge in [0.1, 0.15) is 0 Å². The van der Waals surface area contributed by atoms with Crippen LogP contribution in [0, 0.1) is 0 Å². The number of likely N-dealkylation sites (tertiary alicyclic amines) is 1. The number of hydrogen-bond donors (Lipinski definition) is 1. The van der Waals surface area contributed by atoms with Gasteiger partial charge >= 0.3 is 0 Å². The second-order valence-electron chi connectivity index (χ2n) is 12.1. The molecule has 7 rings (SSSR count). The van der Waals surface area contributed by atoms with Crippen molar-refractivity contribution in [1.82, 2.24) is 19.4 Å². The van der Waals surface area contributed by atoms with E-state index in [2.05, 4.69) is 67.9 Å². The van der Waals surface area contributed by atoms with Gasteiger partial charge in [-0.1, -0.05) is 60.7 Å². The van der Waals surface area contributed by atoms with Gasteiger partial charge in [-0.3, -0.25) is 9.69 Å². The molecule has 1 amide bonds. The Morgan fingerprint density at radius 2 is 1.45 bits per heavy atom. The van der Waals surface area contributed by atoms with E-state index < -0.39 is 0 Å². The lowest BCUT2D eigenvalue weighted by Gasteiger charge is -2.45. The SMILES string of the molecule is Nc1nc2ccccc2n1C1C[C@H]2CC[C@@H](C1)N2CCC1(c2ccccc2)CCN(C(=O)c2ccccc2)CC1. The Balaban J connectivity index is 1.07. The number of hydrogen-bond acceptors (Lipinski definition) is 4. The third-order valence-corrected chi connectivity index (χ3v) is 10.1. The second-order valence-corrected chi connectivity index (χ2v) is 12.1. The van der Waals surface area contributed by atoms with E-state index in [1.54, 1.807) is 0 Å². The molecule has 2 N–H and O–H groups in total. The molecule has 206 valence electrons. The molecule has 1 aromatic heterocycles. The van der Waals surface area contributed by atoms with Crippen molar-refractivity contribution in [2.75, 3.05) is 25.4 Å². The van der Waals surface area contributed by atoms with E-state index in [0.29, 0.717) is 24.1 Å². The highest BCUT2D eigenvalue weighted by Gasteiger charge is 2.44. The molecule has 3 aliphatic rings. The summed E-state index contributed by atoms with van der Waals surface area (Å²) in [5, 5.41) is 0. The molecular weight excluding hydrogens is 494 g/mol. The first-order chi connectivity index (χ1) is 19.6. The predicted octanol–water partition coefficient (Wildman–Crippen LogP) is 6.05. The van der Waals surface area contributed by atoms with Crippen LogP contribution in [0.4, 0.5) is 5.95 Å². The zero-order valence-electron chi connectivity index (χ0n) is 23.2. The van der Waals surface area contributed by atoms with Crippen molar-refractivity contribution < 1.29 is 4.79 Å². The van der Waals surface area contributed by atoms with E-state index in [9.17, 15) is 4.79 Å². The summed E-state index contributed by atoms with van der Waals surface area (Å²) >= 11 is 0. The number of benzene rings is 3. The zero-order chi connectivity index (χ0) is 27.1. The van der Waals surface area contributed by atoms with Crippen LogP contribution in [-0.2, 0) is 5.41 Å². The van der Waals surface area contributed by atoms with Crippen molar-refractivity contribution in [3.63, 3.8) is 0 Å².